The van der Waals surface area contributed by atoms with Crippen molar-refractivity contribution < 1.29 is 4.42 Å². The fraction of sp³-hybridized carbons (Fsp3) is 0.333. The second-order valence-corrected chi connectivity index (χ2v) is 14.8. The van der Waals surface area contributed by atoms with Crippen LogP contribution in [0.1, 0.15) is 44.9 Å². The molecule has 0 bridgehead atoms. The summed E-state index contributed by atoms with van der Waals surface area (Å²) >= 11 is 0. The van der Waals surface area contributed by atoms with Crippen LogP contribution in [0.5, 0.6) is 0 Å². The fourth-order valence-electron chi connectivity index (χ4n) is 5.18. The van der Waals surface area contributed by atoms with E-state index >= 15 is 0 Å². The molecule has 2 aromatic carbocycles. The van der Waals surface area contributed by atoms with Crippen molar-refractivity contribution >= 4 is 24.9 Å². The fourth-order valence-corrected chi connectivity index (χ4v) is 7.69. The van der Waals surface area contributed by atoms with Gasteiger partial charge in [0, 0.05) is 6.42 Å². The van der Waals surface area contributed by atoms with Crippen LogP contribution >= 0.6 is 0 Å². The first kappa shape index (κ1) is 20.0. The Morgan fingerprint density at radius 1 is 0.828 bits per heavy atom. The van der Waals surface area contributed by atoms with E-state index in [1.807, 2.05) is 6.92 Å². The van der Waals surface area contributed by atoms with E-state index in [0.717, 1.165) is 17.9 Å². The van der Waals surface area contributed by atoms with Gasteiger partial charge in [0.25, 0.3) is 0 Å². The molecule has 0 aliphatic heterocycles. The molecule has 0 fully saturated rings. The zero-order valence-electron chi connectivity index (χ0n) is 19.1. The molecule has 2 heteroatoms. The van der Waals surface area contributed by atoms with Gasteiger partial charge in [-0.15, -0.1) is 0 Å². The van der Waals surface area contributed by atoms with Crippen molar-refractivity contribution in [3.05, 3.63) is 75.2 Å². The molecule has 0 saturated carbocycles. The minimum Gasteiger partial charge on any atom is -0.462 e. The first-order valence-corrected chi connectivity index (χ1v) is 14.1. The number of hydrogen-bond donors (Lipinski definition) is 0. The van der Waals surface area contributed by atoms with Gasteiger partial charge in [-0.2, -0.15) is 0 Å². The van der Waals surface area contributed by atoms with E-state index in [0.29, 0.717) is 0 Å². The zero-order chi connectivity index (χ0) is 21.1. The molecular formula is C27H32OSi. The number of aryl methyl sites for hydroxylation is 4. The van der Waals surface area contributed by atoms with Crippen LogP contribution in [0.3, 0.4) is 0 Å². The third kappa shape index (κ3) is 3.44. The van der Waals surface area contributed by atoms with E-state index in [9.17, 15) is 0 Å². The highest BCUT2D eigenvalue weighted by Crippen LogP contribution is 2.41. The van der Waals surface area contributed by atoms with Crippen molar-refractivity contribution in [1.82, 2.24) is 0 Å². The second-order valence-electron chi connectivity index (χ2n) is 9.76. The van der Waals surface area contributed by atoms with Gasteiger partial charge in [-0.05, 0) is 91.8 Å². The van der Waals surface area contributed by atoms with Crippen LogP contribution in [0, 0.1) is 34.6 Å². The highest BCUT2D eigenvalue weighted by atomic mass is 28.3. The molecular weight excluding hydrogens is 368 g/mol. The van der Waals surface area contributed by atoms with E-state index in [1.54, 1.807) is 5.19 Å². The van der Waals surface area contributed by atoms with Crippen molar-refractivity contribution in [2.75, 3.05) is 0 Å². The van der Waals surface area contributed by atoms with Crippen LogP contribution in [-0.2, 0) is 6.42 Å². The van der Waals surface area contributed by atoms with Gasteiger partial charge in [0.2, 0.25) is 0 Å². The van der Waals surface area contributed by atoms with Gasteiger partial charge in [0.1, 0.15) is 11.5 Å². The average molecular weight is 401 g/mol. The quantitative estimate of drug-likeness (QED) is 0.426. The molecule has 3 aromatic rings. The van der Waals surface area contributed by atoms with Gasteiger partial charge >= 0.3 is 0 Å². The van der Waals surface area contributed by atoms with Crippen molar-refractivity contribution in [2.45, 2.75) is 60.7 Å². The van der Waals surface area contributed by atoms with Crippen molar-refractivity contribution in [3.8, 4) is 11.1 Å². The Hall–Kier alpha value is -2.32. The standard InChI is InChI=1S/C27H32OSi/c1-16-11-21-14-22(25-10-9-19(4)28-25)15-24(21)26(20(16)5)23-12-17(2)27(18(3)13-23)29(6,7)8/h9-13,15H,14H2,1-8H3. The Bertz CT molecular complexity index is 1130. The lowest BCUT2D eigenvalue weighted by Crippen LogP contribution is -2.41. The Balaban J connectivity index is 1.92. The molecule has 1 aliphatic carbocycles. The SMILES string of the molecule is Cc1ccc(C2=Cc3c(cc(C)c(C)c3-c3cc(C)c([Si](C)(C)C)c(C)c3)C2)o1. The summed E-state index contributed by atoms with van der Waals surface area (Å²) in [5.41, 5.74) is 12.5. The summed E-state index contributed by atoms with van der Waals surface area (Å²) in [7, 11) is -1.37. The normalized spacial score (nSPS) is 13.6. The molecule has 4 rings (SSSR count). The molecule has 0 spiro atoms. The molecule has 0 atom stereocenters. The van der Waals surface area contributed by atoms with E-state index in [1.165, 1.54) is 50.1 Å². The molecule has 0 unspecified atom stereocenters. The average Bonchev–Trinajstić information content (AvgIpc) is 3.19. The third-order valence-electron chi connectivity index (χ3n) is 6.30. The second kappa shape index (κ2) is 6.88. The number of fused-ring (bicyclic) bond motifs is 1. The Morgan fingerprint density at radius 2 is 1.48 bits per heavy atom. The lowest BCUT2D eigenvalue weighted by molar-refractivity contribution is 0.521. The number of allylic oxidation sites excluding steroid dienone is 1. The molecule has 29 heavy (non-hydrogen) atoms. The maximum atomic E-state index is 5.93. The highest BCUT2D eigenvalue weighted by molar-refractivity contribution is 6.89. The molecule has 0 amide bonds. The molecule has 0 radical (unpaired) electrons. The molecule has 1 heterocycles. The van der Waals surface area contributed by atoms with Gasteiger partial charge in [0.05, 0.1) is 8.07 Å². The van der Waals surface area contributed by atoms with Gasteiger partial charge in [-0.25, -0.2) is 0 Å². The lowest BCUT2D eigenvalue weighted by Gasteiger charge is -2.24. The van der Waals surface area contributed by atoms with Gasteiger partial charge in [0.15, 0.2) is 0 Å². The first-order valence-electron chi connectivity index (χ1n) is 10.6. The molecule has 1 nitrogen and oxygen atoms in total. The minimum absolute atomic E-state index is 0.946. The van der Waals surface area contributed by atoms with Crippen molar-refractivity contribution in [2.24, 2.45) is 0 Å². The summed E-state index contributed by atoms with van der Waals surface area (Å²) in [6.45, 7) is 18.4. The van der Waals surface area contributed by atoms with Gasteiger partial charge in [-0.1, -0.05) is 54.2 Å². The van der Waals surface area contributed by atoms with Crippen LogP contribution in [0.15, 0.2) is 34.7 Å². The maximum absolute atomic E-state index is 5.93. The van der Waals surface area contributed by atoms with Crippen LogP contribution in [-0.4, -0.2) is 8.07 Å². The molecule has 1 aliphatic rings. The summed E-state index contributed by atoms with van der Waals surface area (Å²) in [6.07, 6.45) is 3.30. The first-order chi connectivity index (χ1) is 13.6. The summed E-state index contributed by atoms with van der Waals surface area (Å²) in [6, 6.07) is 11.4. The Labute approximate surface area is 176 Å². The number of rotatable bonds is 3. The topological polar surface area (TPSA) is 13.1 Å². The zero-order valence-corrected chi connectivity index (χ0v) is 20.1. The predicted molar refractivity (Wildman–Crippen MR) is 129 cm³/mol. The van der Waals surface area contributed by atoms with Crippen LogP contribution in [0.25, 0.3) is 22.8 Å². The van der Waals surface area contributed by atoms with Crippen LogP contribution < -0.4 is 5.19 Å². The Morgan fingerprint density at radius 3 is 2.03 bits per heavy atom. The predicted octanol–water partition coefficient (Wildman–Crippen LogP) is 7.13. The van der Waals surface area contributed by atoms with Crippen LogP contribution in [0.4, 0.5) is 0 Å². The number of hydrogen-bond acceptors (Lipinski definition) is 1. The molecule has 0 N–H and O–H groups in total. The number of furan rings is 1. The smallest absolute Gasteiger partial charge is 0.130 e. The summed E-state index contributed by atoms with van der Waals surface area (Å²) < 4.78 is 5.93. The Kier molecular flexibility index (Phi) is 4.74. The molecule has 0 saturated heterocycles. The minimum atomic E-state index is -1.37. The largest absolute Gasteiger partial charge is 0.462 e. The van der Waals surface area contributed by atoms with E-state index < -0.39 is 8.07 Å². The number of benzene rings is 2. The summed E-state index contributed by atoms with van der Waals surface area (Å²) in [5, 5.41) is 1.60. The maximum Gasteiger partial charge on any atom is 0.130 e. The molecule has 150 valence electrons. The molecule has 1 aromatic heterocycles. The third-order valence-corrected chi connectivity index (χ3v) is 8.59. The lowest BCUT2D eigenvalue weighted by atomic mass is 9.88. The van der Waals surface area contributed by atoms with Gasteiger partial charge in [-0.3, -0.25) is 0 Å². The highest BCUT2D eigenvalue weighted by Gasteiger charge is 2.25. The van der Waals surface area contributed by atoms with Gasteiger partial charge < -0.3 is 4.42 Å². The van der Waals surface area contributed by atoms with E-state index in [4.69, 9.17) is 4.42 Å². The summed E-state index contributed by atoms with van der Waals surface area (Å²) in [4.78, 5) is 0. The summed E-state index contributed by atoms with van der Waals surface area (Å²) in [5.74, 6) is 1.97. The monoisotopic (exact) mass is 400 g/mol. The van der Waals surface area contributed by atoms with Crippen molar-refractivity contribution in [1.29, 1.82) is 0 Å². The van der Waals surface area contributed by atoms with E-state index in [-0.39, 0.29) is 0 Å². The van der Waals surface area contributed by atoms with Crippen LogP contribution in [0.2, 0.25) is 19.6 Å². The van der Waals surface area contributed by atoms with E-state index in [2.05, 4.69) is 83.7 Å². The van der Waals surface area contributed by atoms with Crippen molar-refractivity contribution in [3.63, 3.8) is 0 Å².